The monoisotopic (exact) mass is 497 g/mol. The van der Waals surface area contributed by atoms with Crippen LogP contribution in [-0.2, 0) is 12.7 Å². The van der Waals surface area contributed by atoms with E-state index in [0.717, 1.165) is 74.6 Å². The summed E-state index contributed by atoms with van der Waals surface area (Å²) in [5, 5.41) is 8.46. The first kappa shape index (κ1) is 23.2. The normalized spacial score (nSPS) is 25.9. The van der Waals surface area contributed by atoms with Crippen LogP contribution in [0.1, 0.15) is 60.7 Å². The number of hydrogen-bond acceptors (Lipinski definition) is 6. The Morgan fingerprint density at radius 2 is 1.72 bits per heavy atom. The molecule has 2 aromatic heterocycles. The minimum atomic E-state index is -4.33. The highest BCUT2D eigenvalue weighted by Crippen LogP contribution is 2.40. The lowest BCUT2D eigenvalue weighted by Gasteiger charge is -2.38. The lowest BCUT2D eigenvalue weighted by atomic mass is 9.92. The summed E-state index contributed by atoms with van der Waals surface area (Å²) < 4.78 is 41.1. The zero-order valence-electron chi connectivity index (χ0n) is 20.2. The van der Waals surface area contributed by atoms with Crippen LogP contribution in [0.5, 0.6) is 0 Å². The number of aryl methyl sites for hydroxylation is 2. The molecule has 2 unspecified atom stereocenters. The third-order valence-electron chi connectivity index (χ3n) is 8.01. The van der Waals surface area contributed by atoms with E-state index in [2.05, 4.69) is 20.2 Å². The standard InChI is InChI=1S/C26H30F3N7/c1-16-12-22(31-15-30-16)35-13-18-5-6-19(14-35)23(18)32-25-33-24-21(4-2-3-11-36(24)34-25)17-7-9-20(10-8-17)26(27,28)29/h7-10,12,15,18-19,21,23H,2-6,11,13-14H2,1H3,(H,32,34)/t18-,19+,21?,23?. The van der Waals surface area contributed by atoms with Crippen molar-refractivity contribution < 1.29 is 13.2 Å². The largest absolute Gasteiger partial charge is 0.416 e. The van der Waals surface area contributed by atoms with E-state index >= 15 is 0 Å². The molecule has 2 fully saturated rings. The number of anilines is 2. The maximum absolute atomic E-state index is 13.1. The number of rotatable bonds is 4. The van der Waals surface area contributed by atoms with E-state index in [-0.39, 0.29) is 5.92 Å². The van der Waals surface area contributed by atoms with Crippen molar-refractivity contribution in [3.63, 3.8) is 0 Å². The molecule has 1 aliphatic carbocycles. The number of hydrogen-bond donors (Lipinski definition) is 1. The topological polar surface area (TPSA) is 71.8 Å². The van der Waals surface area contributed by atoms with E-state index in [1.165, 1.54) is 12.1 Å². The van der Waals surface area contributed by atoms with Gasteiger partial charge in [0.1, 0.15) is 18.0 Å². The number of halogens is 3. The van der Waals surface area contributed by atoms with Gasteiger partial charge in [-0.1, -0.05) is 18.6 Å². The molecule has 1 aromatic carbocycles. The fourth-order valence-electron chi connectivity index (χ4n) is 6.20. The van der Waals surface area contributed by atoms with Gasteiger partial charge in [-0.15, -0.1) is 5.10 Å². The molecule has 6 rings (SSSR count). The Labute approximate surface area is 208 Å². The second-order valence-electron chi connectivity index (χ2n) is 10.4. The first-order valence-corrected chi connectivity index (χ1v) is 12.8. The van der Waals surface area contributed by atoms with Crippen molar-refractivity contribution >= 4 is 11.8 Å². The first-order chi connectivity index (χ1) is 17.3. The molecule has 3 aromatic rings. The molecule has 4 atom stereocenters. The van der Waals surface area contributed by atoms with Crippen LogP contribution < -0.4 is 10.2 Å². The smallest absolute Gasteiger partial charge is 0.356 e. The minimum Gasteiger partial charge on any atom is -0.356 e. The number of alkyl halides is 3. The fourth-order valence-corrected chi connectivity index (χ4v) is 6.20. The SMILES string of the molecule is Cc1cc(N2C[C@H]3CC[C@@H](C2)C3Nc2nc3n(n2)CCCCC3c2ccc(C(F)(F)F)cc2)ncn1. The van der Waals surface area contributed by atoms with E-state index in [1.54, 1.807) is 18.5 Å². The van der Waals surface area contributed by atoms with E-state index < -0.39 is 11.7 Å². The molecule has 0 amide bonds. The summed E-state index contributed by atoms with van der Waals surface area (Å²) in [6.07, 6.45) is 2.44. The lowest BCUT2D eigenvalue weighted by molar-refractivity contribution is -0.137. The molecule has 1 saturated heterocycles. The number of nitrogens with zero attached hydrogens (tertiary/aromatic N) is 6. The molecule has 7 nitrogen and oxygen atoms in total. The zero-order chi connectivity index (χ0) is 24.9. The van der Waals surface area contributed by atoms with Gasteiger partial charge in [-0.3, -0.25) is 0 Å². The summed E-state index contributed by atoms with van der Waals surface area (Å²) in [5.41, 5.74) is 1.21. The van der Waals surface area contributed by atoms with Crippen LogP contribution in [0.3, 0.4) is 0 Å². The number of fused-ring (bicyclic) bond motifs is 3. The van der Waals surface area contributed by atoms with Crippen molar-refractivity contribution in [2.45, 2.75) is 63.7 Å². The molecule has 36 heavy (non-hydrogen) atoms. The molecule has 2 bridgehead atoms. The summed E-state index contributed by atoms with van der Waals surface area (Å²) in [5.74, 6) is 3.37. The van der Waals surface area contributed by atoms with Crippen molar-refractivity contribution in [2.24, 2.45) is 11.8 Å². The van der Waals surface area contributed by atoms with Gasteiger partial charge in [0.2, 0.25) is 5.95 Å². The Hall–Kier alpha value is -3.17. The van der Waals surface area contributed by atoms with Crippen LogP contribution in [0.25, 0.3) is 0 Å². The van der Waals surface area contributed by atoms with Crippen LogP contribution in [0.4, 0.5) is 24.9 Å². The molecular formula is C26H30F3N7. The second kappa shape index (κ2) is 9.05. The highest BCUT2D eigenvalue weighted by molar-refractivity contribution is 5.42. The summed E-state index contributed by atoms with van der Waals surface area (Å²) in [7, 11) is 0. The Balaban J connectivity index is 1.20. The Morgan fingerprint density at radius 3 is 2.42 bits per heavy atom. The van der Waals surface area contributed by atoms with Gasteiger partial charge >= 0.3 is 6.18 Å². The molecule has 3 aliphatic rings. The van der Waals surface area contributed by atoms with Crippen LogP contribution in [0.15, 0.2) is 36.7 Å². The molecule has 1 saturated carbocycles. The van der Waals surface area contributed by atoms with Crippen LogP contribution >= 0.6 is 0 Å². The zero-order valence-corrected chi connectivity index (χ0v) is 20.2. The molecule has 0 radical (unpaired) electrons. The predicted octanol–water partition coefficient (Wildman–Crippen LogP) is 5.04. The molecule has 190 valence electrons. The van der Waals surface area contributed by atoms with Crippen molar-refractivity contribution in [3.05, 3.63) is 59.3 Å². The highest BCUT2D eigenvalue weighted by atomic mass is 19.4. The van der Waals surface area contributed by atoms with Gasteiger partial charge in [-0.25, -0.2) is 14.6 Å². The van der Waals surface area contributed by atoms with Gasteiger partial charge in [0.15, 0.2) is 0 Å². The average Bonchev–Trinajstić information content (AvgIpc) is 3.25. The summed E-state index contributed by atoms with van der Waals surface area (Å²) in [6.45, 7) is 4.64. The number of piperidine rings is 1. The Bertz CT molecular complexity index is 1210. The predicted molar refractivity (Wildman–Crippen MR) is 130 cm³/mol. The quantitative estimate of drug-likeness (QED) is 0.545. The van der Waals surface area contributed by atoms with Crippen LogP contribution in [0, 0.1) is 18.8 Å². The summed E-state index contributed by atoms with van der Waals surface area (Å²) >= 11 is 0. The molecular weight excluding hydrogens is 467 g/mol. The van der Waals surface area contributed by atoms with Gasteiger partial charge in [0.05, 0.1) is 5.56 Å². The fraction of sp³-hybridized carbons (Fsp3) is 0.538. The van der Waals surface area contributed by atoms with E-state index in [0.29, 0.717) is 23.8 Å². The van der Waals surface area contributed by atoms with Crippen molar-refractivity contribution in [1.29, 1.82) is 0 Å². The molecule has 4 heterocycles. The maximum atomic E-state index is 13.1. The van der Waals surface area contributed by atoms with Crippen molar-refractivity contribution in [2.75, 3.05) is 23.3 Å². The second-order valence-corrected chi connectivity index (χ2v) is 10.4. The van der Waals surface area contributed by atoms with Gasteiger partial charge in [-0.05, 0) is 62.1 Å². The molecule has 2 aliphatic heterocycles. The van der Waals surface area contributed by atoms with E-state index in [4.69, 9.17) is 10.1 Å². The highest BCUT2D eigenvalue weighted by Gasteiger charge is 2.43. The summed E-state index contributed by atoms with van der Waals surface area (Å²) in [6, 6.07) is 7.88. The minimum absolute atomic E-state index is 0.0580. The third-order valence-corrected chi connectivity index (χ3v) is 8.01. The van der Waals surface area contributed by atoms with E-state index in [1.807, 2.05) is 17.7 Å². The Kier molecular flexibility index (Phi) is 5.84. The van der Waals surface area contributed by atoms with Gasteiger partial charge in [0, 0.05) is 43.4 Å². The van der Waals surface area contributed by atoms with Gasteiger partial charge < -0.3 is 10.2 Å². The van der Waals surface area contributed by atoms with E-state index in [9.17, 15) is 13.2 Å². The number of nitrogens with one attached hydrogen (secondary N) is 1. The number of aromatic nitrogens is 5. The van der Waals surface area contributed by atoms with Crippen molar-refractivity contribution in [3.8, 4) is 0 Å². The molecule has 0 spiro atoms. The van der Waals surface area contributed by atoms with Gasteiger partial charge in [-0.2, -0.15) is 18.2 Å². The van der Waals surface area contributed by atoms with Crippen molar-refractivity contribution in [1.82, 2.24) is 24.7 Å². The maximum Gasteiger partial charge on any atom is 0.416 e. The number of benzene rings is 1. The molecule has 1 N–H and O–H groups in total. The lowest BCUT2D eigenvalue weighted by Crippen LogP contribution is -2.48. The summed E-state index contributed by atoms with van der Waals surface area (Å²) in [4.78, 5) is 16.0. The van der Waals surface area contributed by atoms with Crippen LogP contribution in [0.2, 0.25) is 0 Å². The third kappa shape index (κ3) is 4.41. The first-order valence-electron chi connectivity index (χ1n) is 12.8. The average molecular weight is 498 g/mol. The van der Waals surface area contributed by atoms with Gasteiger partial charge in [0.25, 0.3) is 0 Å². The molecule has 10 heteroatoms. The van der Waals surface area contributed by atoms with Crippen LogP contribution in [-0.4, -0.2) is 43.9 Å². The Morgan fingerprint density at radius 1 is 0.972 bits per heavy atom.